The molecule has 3 heterocycles. The fourth-order valence-electron chi connectivity index (χ4n) is 2.28. The number of nitrogens with zero attached hydrogens (tertiary/aromatic N) is 4. The van der Waals surface area contributed by atoms with Crippen molar-refractivity contribution < 1.29 is 9.59 Å². The van der Waals surface area contributed by atoms with E-state index in [-0.39, 0.29) is 18.2 Å². The summed E-state index contributed by atoms with van der Waals surface area (Å²) in [6, 6.07) is 7.50. The van der Waals surface area contributed by atoms with Gasteiger partial charge in [-0.25, -0.2) is 0 Å². The first kappa shape index (κ1) is 19.9. The number of hydrogen-bond acceptors (Lipinski definition) is 7. The number of primary amides is 1. The number of hydrogen-bond donors (Lipinski definition) is 1. The number of halogens is 1. The average Bonchev–Trinajstić information content (AvgIpc) is 3.34. The Balaban J connectivity index is 1.68. The second kappa shape index (κ2) is 8.87. The van der Waals surface area contributed by atoms with E-state index in [9.17, 15) is 9.59 Å². The molecule has 0 spiro atoms. The molecule has 0 unspecified atom stereocenters. The molecule has 7 nitrogen and oxygen atoms in total. The minimum absolute atomic E-state index is 0.0414. The monoisotopic (exact) mass is 441 g/mol. The highest BCUT2D eigenvalue weighted by Crippen LogP contribution is 2.27. The van der Waals surface area contributed by atoms with E-state index in [1.165, 1.54) is 34.4 Å². The molecule has 3 aromatic rings. The molecule has 0 fully saturated rings. The van der Waals surface area contributed by atoms with E-state index >= 15 is 0 Å². The third kappa shape index (κ3) is 5.10. The van der Waals surface area contributed by atoms with Gasteiger partial charge < -0.3 is 10.6 Å². The van der Waals surface area contributed by atoms with E-state index < -0.39 is 5.91 Å². The first-order valence-corrected chi connectivity index (χ1v) is 10.9. The lowest BCUT2D eigenvalue weighted by Gasteiger charge is -2.16. The van der Waals surface area contributed by atoms with Crippen molar-refractivity contribution in [3.05, 3.63) is 38.9 Å². The molecule has 2 amide bonds. The Morgan fingerprint density at radius 3 is 2.78 bits per heavy atom. The van der Waals surface area contributed by atoms with Crippen LogP contribution in [0.2, 0.25) is 4.34 Å². The van der Waals surface area contributed by atoms with Crippen LogP contribution in [0.25, 0.3) is 10.7 Å². The van der Waals surface area contributed by atoms with Crippen molar-refractivity contribution in [2.75, 3.05) is 12.8 Å². The third-order valence-corrected chi connectivity index (χ3v) is 6.58. The predicted molar refractivity (Wildman–Crippen MR) is 109 cm³/mol. The lowest BCUT2D eigenvalue weighted by atomic mass is 10.4. The van der Waals surface area contributed by atoms with E-state index in [4.69, 9.17) is 17.3 Å². The summed E-state index contributed by atoms with van der Waals surface area (Å²) in [6.07, 6.45) is 0. The Labute approximate surface area is 173 Å². The highest BCUT2D eigenvalue weighted by atomic mass is 35.5. The Hall–Kier alpha value is -1.88. The second-order valence-corrected chi connectivity index (χ2v) is 9.27. The SMILES string of the molecule is CN(Cc1ccc(Cl)s1)C(=O)CSc1nnc(-c2cccs2)n1CC(N)=O. The van der Waals surface area contributed by atoms with E-state index in [0.29, 0.717) is 21.9 Å². The van der Waals surface area contributed by atoms with Crippen LogP contribution in [0.1, 0.15) is 4.88 Å². The third-order valence-electron chi connectivity index (χ3n) is 3.54. The van der Waals surface area contributed by atoms with Crippen LogP contribution in [0, 0.1) is 0 Å². The summed E-state index contributed by atoms with van der Waals surface area (Å²) in [5.41, 5.74) is 5.36. The van der Waals surface area contributed by atoms with Crippen LogP contribution in [-0.2, 0) is 22.7 Å². The topological polar surface area (TPSA) is 94.1 Å². The summed E-state index contributed by atoms with van der Waals surface area (Å²) in [4.78, 5) is 27.4. The Morgan fingerprint density at radius 2 is 2.15 bits per heavy atom. The fraction of sp³-hybridized carbons (Fsp3) is 0.250. The molecule has 3 rings (SSSR count). The summed E-state index contributed by atoms with van der Waals surface area (Å²) < 4.78 is 2.34. The molecule has 0 bridgehead atoms. The van der Waals surface area contributed by atoms with Crippen LogP contribution in [-0.4, -0.2) is 44.3 Å². The maximum atomic E-state index is 12.4. The zero-order valence-corrected chi connectivity index (χ0v) is 17.5. The van der Waals surface area contributed by atoms with Crippen LogP contribution in [0.3, 0.4) is 0 Å². The average molecular weight is 442 g/mol. The Kier molecular flexibility index (Phi) is 6.53. The summed E-state index contributed by atoms with van der Waals surface area (Å²) >= 11 is 10.1. The molecule has 0 aliphatic carbocycles. The van der Waals surface area contributed by atoms with E-state index in [2.05, 4.69) is 10.2 Å². The standard InChI is InChI=1S/C16H16ClN5O2S3/c1-21(7-10-4-5-12(17)27-10)14(24)9-26-16-20-19-15(11-3-2-6-25-11)22(16)8-13(18)23/h2-6H,7-9H2,1H3,(H2,18,23). The summed E-state index contributed by atoms with van der Waals surface area (Å²) in [6.45, 7) is 0.450. The zero-order valence-electron chi connectivity index (χ0n) is 14.3. The van der Waals surface area contributed by atoms with E-state index in [1.807, 2.05) is 29.6 Å². The molecule has 2 N–H and O–H groups in total. The van der Waals surface area contributed by atoms with E-state index in [0.717, 1.165) is 9.75 Å². The highest BCUT2D eigenvalue weighted by Gasteiger charge is 2.19. The number of thioether (sulfide) groups is 1. The van der Waals surface area contributed by atoms with Crippen LogP contribution in [0.15, 0.2) is 34.8 Å². The molecule has 0 aromatic carbocycles. The number of amides is 2. The van der Waals surface area contributed by atoms with Gasteiger partial charge in [0.25, 0.3) is 0 Å². The van der Waals surface area contributed by atoms with Gasteiger partial charge in [-0.3, -0.25) is 14.2 Å². The molecule has 0 saturated carbocycles. The maximum absolute atomic E-state index is 12.4. The van der Waals surface area contributed by atoms with Gasteiger partial charge >= 0.3 is 0 Å². The first-order valence-electron chi connectivity index (χ1n) is 7.80. The van der Waals surface area contributed by atoms with Gasteiger partial charge in [-0.05, 0) is 23.6 Å². The van der Waals surface area contributed by atoms with Crippen molar-refractivity contribution >= 4 is 57.9 Å². The molecular formula is C16H16ClN5O2S3. The van der Waals surface area contributed by atoms with Crippen molar-refractivity contribution in [3.8, 4) is 10.7 Å². The Bertz CT molecular complexity index is 938. The van der Waals surface area contributed by atoms with Crippen molar-refractivity contribution in [1.29, 1.82) is 0 Å². The minimum Gasteiger partial charge on any atom is -0.368 e. The molecule has 0 radical (unpaired) electrons. The molecule has 27 heavy (non-hydrogen) atoms. The zero-order chi connectivity index (χ0) is 19.4. The molecule has 0 aliphatic heterocycles. The van der Waals surface area contributed by atoms with Gasteiger partial charge in [0, 0.05) is 11.9 Å². The number of carbonyl (C=O) groups is 2. The smallest absolute Gasteiger partial charge is 0.237 e. The van der Waals surface area contributed by atoms with Crippen LogP contribution in [0.5, 0.6) is 0 Å². The fourth-order valence-corrected chi connectivity index (χ4v) is 5.01. The number of nitrogens with two attached hydrogens (primary N) is 1. The minimum atomic E-state index is -0.493. The Morgan fingerprint density at radius 1 is 1.33 bits per heavy atom. The molecule has 0 atom stereocenters. The van der Waals surface area contributed by atoms with Gasteiger partial charge in [0.15, 0.2) is 11.0 Å². The van der Waals surface area contributed by atoms with Crippen molar-refractivity contribution in [2.24, 2.45) is 5.73 Å². The van der Waals surface area contributed by atoms with Gasteiger partial charge in [0.1, 0.15) is 6.54 Å². The van der Waals surface area contributed by atoms with Gasteiger partial charge in [-0.15, -0.1) is 32.9 Å². The predicted octanol–water partition coefficient (Wildman–Crippen LogP) is 2.96. The molecule has 11 heteroatoms. The van der Waals surface area contributed by atoms with E-state index in [1.54, 1.807) is 16.5 Å². The molecule has 142 valence electrons. The van der Waals surface area contributed by atoms with Crippen molar-refractivity contribution in [1.82, 2.24) is 19.7 Å². The number of carbonyl (C=O) groups excluding carboxylic acids is 2. The lowest BCUT2D eigenvalue weighted by molar-refractivity contribution is -0.127. The summed E-state index contributed by atoms with van der Waals surface area (Å²) in [7, 11) is 1.74. The lowest BCUT2D eigenvalue weighted by Crippen LogP contribution is -2.27. The number of thiophene rings is 2. The molecule has 0 saturated heterocycles. The summed E-state index contributed by atoms with van der Waals surface area (Å²) in [5, 5.41) is 10.7. The normalized spacial score (nSPS) is 10.9. The van der Waals surface area contributed by atoms with Crippen LogP contribution < -0.4 is 5.73 Å². The van der Waals surface area contributed by atoms with Crippen molar-refractivity contribution in [2.45, 2.75) is 18.2 Å². The molecule has 3 aromatic heterocycles. The van der Waals surface area contributed by atoms with Crippen LogP contribution in [0.4, 0.5) is 0 Å². The quantitative estimate of drug-likeness (QED) is 0.542. The number of aromatic nitrogens is 3. The van der Waals surface area contributed by atoms with Gasteiger partial charge in [0.05, 0.1) is 21.5 Å². The maximum Gasteiger partial charge on any atom is 0.237 e. The molecular weight excluding hydrogens is 426 g/mol. The van der Waals surface area contributed by atoms with Crippen LogP contribution >= 0.6 is 46.0 Å². The van der Waals surface area contributed by atoms with Gasteiger partial charge in [0.2, 0.25) is 11.8 Å². The van der Waals surface area contributed by atoms with Gasteiger partial charge in [-0.1, -0.05) is 29.4 Å². The number of rotatable bonds is 8. The highest BCUT2D eigenvalue weighted by molar-refractivity contribution is 7.99. The van der Waals surface area contributed by atoms with Gasteiger partial charge in [-0.2, -0.15) is 0 Å². The first-order chi connectivity index (χ1) is 12.9. The second-order valence-electron chi connectivity index (χ2n) is 5.58. The summed E-state index contributed by atoms with van der Waals surface area (Å²) in [5.74, 6) is 0.195. The largest absolute Gasteiger partial charge is 0.368 e. The molecule has 0 aliphatic rings. The van der Waals surface area contributed by atoms with Crippen molar-refractivity contribution in [3.63, 3.8) is 0 Å².